The Morgan fingerprint density at radius 1 is 0.878 bits per heavy atom. The molecule has 2 aliphatic rings. The third kappa shape index (κ3) is 5.71. The molecule has 4 aromatic rings. The summed E-state index contributed by atoms with van der Waals surface area (Å²) in [5.74, 6) is 1.65. The molecule has 0 radical (unpaired) electrons. The molecule has 8 heteroatoms. The number of aromatic hydroxyl groups is 1. The van der Waals surface area contributed by atoms with Crippen molar-refractivity contribution >= 4 is 7.60 Å². The van der Waals surface area contributed by atoms with Crippen LogP contribution in [0.25, 0.3) is 0 Å². The molecule has 212 valence electrons. The Labute approximate surface area is 240 Å². The van der Waals surface area contributed by atoms with E-state index in [0.29, 0.717) is 23.8 Å². The molecule has 0 amide bonds. The van der Waals surface area contributed by atoms with Crippen LogP contribution in [0.3, 0.4) is 0 Å². The van der Waals surface area contributed by atoms with Crippen LogP contribution in [0.5, 0.6) is 23.0 Å². The number of hydrogen-bond donors (Lipinski definition) is 1. The van der Waals surface area contributed by atoms with Gasteiger partial charge in [0.05, 0.1) is 27.0 Å². The van der Waals surface area contributed by atoms with Crippen molar-refractivity contribution in [2.45, 2.75) is 38.2 Å². The van der Waals surface area contributed by atoms with E-state index >= 15 is 0 Å². The van der Waals surface area contributed by atoms with E-state index in [4.69, 9.17) is 18.5 Å². The van der Waals surface area contributed by atoms with Crippen LogP contribution in [-0.2, 0) is 41.2 Å². The Morgan fingerprint density at radius 2 is 1.61 bits per heavy atom. The third-order valence-corrected chi connectivity index (χ3v) is 9.69. The highest BCUT2D eigenvalue weighted by atomic mass is 31.2. The lowest BCUT2D eigenvalue weighted by atomic mass is 9.83. The average Bonchev–Trinajstić information content (AvgIpc) is 3.00. The Morgan fingerprint density at radius 3 is 2.32 bits per heavy atom. The number of nitrogens with zero attached hydrogens (tertiary/aromatic N) is 1. The fraction of sp³-hybridized carbons (Fsp3) is 0.273. The SMILES string of the molecule is COc1cc2c(cc1OP(=O)(Cc1ccccc1)OCc1ccccc1)C1Cc3ccc(O)c(OC)c3CN1CC2. The quantitative estimate of drug-likeness (QED) is 0.216. The van der Waals surface area contributed by atoms with Crippen molar-refractivity contribution in [2.24, 2.45) is 0 Å². The monoisotopic (exact) mass is 571 g/mol. The molecule has 41 heavy (non-hydrogen) atoms. The first kappa shape index (κ1) is 27.4. The molecule has 2 atom stereocenters. The fourth-order valence-electron chi connectivity index (χ4n) is 5.89. The first-order valence-electron chi connectivity index (χ1n) is 13.8. The van der Waals surface area contributed by atoms with Gasteiger partial charge < -0.3 is 19.1 Å². The van der Waals surface area contributed by atoms with Gasteiger partial charge in [0.15, 0.2) is 23.0 Å². The molecule has 4 aromatic carbocycles. The molecule has 1 N–H and O–H groups in total. The molecule has 2 unspecified atom stereocenters. The zero-order valence-electron chi connectivity index (χ0n) is 23.3. The average molecular weight is 572 g/mol. The molecular weight excluding hydrogens is 537 g/mol. The van der Waals surface area contributed by atoms with Gasteiger partial charge in [-0.25, -0.2) is 4.57 Å². The molecule has 0 aromatic heterocycles. The standard InChI is InChI=1S/C33H34NO6P/c1-37-31-18-26-15-16-34-20-28-25(13-14-30(35)33(28)38-2)17-29(34)27(26)19-32(31)40-41(36,22-24-11-7-4-8-12-24)39-21-23-9-5-3-6-10-23/h3-14,18-19,29,35H,15-17,20-22H2,1-2H3. The minimum atomic E-state index is -3.65. The molecule has 7 nitrogen and oxygen atoms in total. The summed E-state index contributed by atoms with van der Waals surface area (Å²) in [6.45, 7) is 1.71. The number of benzene rings is 4. The van der Waals surface area contributed by atoms with Gasteiger partial charge in [-0.15, -0.1) is 0 Å². The number of ether oxygens (including phenoxy) is 2. The summed E-state index contributed by atoms with van der Waals surface area (Å²) in [5.41, 5.74) is 6.27. The topological polar surface area (TPSA) is 77.5 Å². The van der Waals surface area contributed by atoms with Crippen molar-refractivity contribution < 1.29 is 28.2 Å². The maximum absolute atomic E-state index is 14.4. The second-order valence-corrected chi connectivity index (χ2v) is 12.5. The minimum absolute atomic E-state index is 0.104. The van der Waals surface area contributed by atoms with Crippen LogP contribution in [0.15, 0.2) is 84.9 Å². The van der Waals surface area contributed by atoms with Crippen molar-refractivity contribution in [1.82, 2.24) is 4.90 Å². The van der Waals surface area contributed by atoms with Gasteiger partial charge in [-0.05, 0) is 58.9 Å². The number of phenolic OH excluding ortho intramolecular Hbond substituents is 1. The van der Waals surface area contributed by atoms with Crippen molar-refractivity contribution in [3.63, 3.8) is 0 Å². The number of rotatable bonds is 9. The van der Waals surface area contributed by atoms with Crippen molar-refractivity contribution in [2.75, 3.05) is 20.8 Å². The molecule has 2 aliphatic heterocycles. The lowest BCUT2D eigenvalue weighted by Gasteiger charge is -2.42. The van der Waals surface area contributed by atoms with Crippen LogP contribution >= 0.6 is 7.60 Å². The van der Waals surface area contributed by atoms with Crippen molar-refractivity contribution in [1.29, 1.82) is 0 Å². The number of methoxy groups -OCH3 is 2. The molecule has 0 aliphatic carbocycles. The van der Waals surface area contributed by atoms with E-state index in [9.17, 15) is 9.67 Å². The molecule has 0 saturated carbocycles. The van der Waals surface area contributed by atoms with E-state index in [2.05, 4.69) is 4.90 Å². The predicted octanol–water partition coefficient (Wildman–Crippen LogP) is 7.05. The molecule has 6 rings (SSSR count). The lowest BCUT2D eigenvalue weighted by molar-refractivity contribution is 0.157. The van der Waals surface area contributed by atoms with Gasteiger partial charge in [-0.2, -0.15) is 0 Å². The molecule has 2 heterocycles. The summed E-state index contributed by atoms with van der Waals surface area (Å²) in [6.07, 6.45) is 1.73. The first-order chi connectivity index (χ1) is 20.0. The molecular formula is C33H34NO6P. The Kier molecular flexibility index (Phi) is 7.76. The first-order valence-corrected chi connectivity index (χ1v) is 15.5. The van der Waals surface area contributed by atoms with Crippen LogP contribution < -0.4 is 14.0 Å². The van der Waals surface area contributed by atoms with Gasteiger partial charge in [-0.3, -0.25) is 9.42 Å². The number of phenols is 1. The summed E-state index contributed by atoms with van der Waals surface area (Å²) >= 11 is 0. The smallest absolute Gasteiger partial charge is 0.384 e. The zero-order chi connectivity index (χ0) is 28.4. The minimum Gasteiger partial charge on any atom is -0.504 e. The van der Waals surface area contributed by atoms with Gasteiger partial charge >= 0.3 is 7.60 Å². The van der Waals surface area contributed by atoms with Crippen molar-refractivity contribution in [3.8, 4) is 23.0 Å². The van der Waals surface area contributed by atoms with E-state index in [1.54, 1.807) is 20.3 Å². The van der Waals surface area contributed by atoms with Gasteiger partial charge in [0.2, 0.25) is 0 Å². The van der Waals surface area contributed by atoms with Gasteiger partial charge in [0, 0.05) is 24.7 Å². The summed E-state index contributed by atoms with van der Waals surface area (Å²) in [6, 6.07) is 27.1. The molecule has 0 bridgehead atoms. The van der Waals surface area contributed by atoms with Crippen LogP contribution in [0.4, 0.5) is 0 Å². The maximum Gasteiger partial charge on any atom is 0.384 e. The van der Waals surface area contributed by atoms with Crippen LogP contribution in [0, 0.1) is 0 Å². The van der Waals surface area contributed by atoms with Crippen LogP contribution in [-0.4, -0.2) is 30.8 Å². The van der Waals surface area contributed by atoms with E-state index < -0.39 is 7.60 Å². The fourth-order valence-corrected chi connectivity index (χ4v) is 7.54. The van der Waals surface area contributed by atoms with Crippen LogP contribution in [0.1, 0.15) is 39.4 Å². The van der Waals surface area contributed by atoms with Gasteiger partial charge in [0.1, 0.15) is 0 Å². The third-order valence-electron chi connectivity index (χ3n) is 7.94. The highest BCUT2D eigenvalue weighted by molar-refractivity contribution is 7.53. The summed E-state index contributed by atoms with van der Waals surface area (Å²) in [5, 5.41) is 10.3. The highest BCUT2D eigenvalue weighted by Crippen LogP contribution is 2.55. The zero-order valence-corrected chi connectivity index (χ0v) is 24.2. The second-order valence-electron chi connectivity index (χ2n) is 10.5. The number of fused-ring (bicyclic) bond motifs is 4. The summed E-state index contributed by atoms with van der Waals surface area (Å²) < 4.78 is 38.1. The Hall–Kier alpha value is -3.77. The van der Waals surface area contributed by atoms with E-state index in [1.165, 1.54) is 5.56 Å². The summed E-state index contributed by atoms with van der Waals surface area (Å²) in [4.78, 5) is 2.40. The van der Waals surface area contributed by atoms with Crippen LogP contribution in [0.2, 0.25) is 0 Å². The lowest BCUT2D eigenvalue weighted by Crippen LogP contribution is -2.39. The van der Waals surface area contributed by atoms with E-state index in [-0.39, 0.29) is 24.6 Å². The normalized spacial score (nSPS) is 17.5. The number of hydrogen-bond acceptors (Lipinski definition) is 7. The summed E-state index contributed by atoms with van der Waals surface area (Å²) in [7, 11) is -0.451. The van der Waals surface area contributed by atoms with E-state index in [1.807, 2.05) is 78.9 Å². The van der Waals surface area contributed by atoms with Gasteiger partial charge in [-0.1, -0.05) is 66.7 Å². The molecule has 0 saturated heterocycles. The van der Waals surface area contributed by atoms with Gasteiger partial charge in [0.25, 0.3) is 0 Å². The maximum atomic E-state index is 14.4. The molecule has 0 fully saturated rings. The predicted molar refractivity (Wildman–Crippen MR) is 158 cm³/mol. The van der Waals surface area contributed by atoms with Crippen molar-refractivity contribution in [3.05, 3.63) is 118 Å². The van der Waals surface area contributed by atoms with E-state index in [0.717, 1.165) is 47.2 Å². The highest BCUT2D eigenvalue weighted by Gasteiger charge is 2.36. The Bertz CT molecular complexity index is 1580. The Balaban J connectivity index is 1.34. The molecule has 0 spiro atoms. The second kappa shape index (κ2) is 11.6. The largest absolute Gasteiger partial charge is 0.504 e.